The third-order valence-electron chi connectivity index (χ3n) is 2.12. The van der Waals surface area contributed by atoms with Gasteiger partial charge in [-0.25, -0.2) is 4.39 Å². The highest BCUT2D eigenvalue weighted by Gasteiger charge is 2.08. The molecule has 0 fully saturated rings. The molecular weight excluding hydrogens is 195 g/mol. The molecule has 78 valence electrons. The maximum absolute atomic E-state index is 13.2. The minimum Gasteiger partial charge on any atom is -0.333 e. The number of benzene rings is 1. The summed E-state index contributed by atoms with van der Waals surface area (Å²) >= 11 is 0. The van der Waals surface area contributed by atoms with Gasteiger partial charge in [0, 0.05) is 13.6 Å². The van der Waals surface area contributed by atoms with Crippen molar-refractivity contribution >= 4 is 5.91 Å². The average Bonchev–Trinajstić information content (AvgIpc) is 2.26. The predicted octanol–water partition coefficient (Wildman–Crippen LogP) is 1.35. The van der Waals surface area contributed by atoms with Crippen molar-refractivity contribution in [3.8, 4) is 6.07 Å². The van der Waals surface area contributed by atoms with E-state index in [0.29, 0.717) is 18.5 Å². The average molecular weight is 206 g/mol. The number of hydrogen-bond donors (Lipinski definition) is 0. The first-order chi connectivity index (χ1) is 7.15. The number of rotatable bonds is 3. The fourth-order valence-electron chi connectivity index (χ4n) is 1.18. The summed E-state index contributed by atoms with van der Waals surface area (Å²) in [7, 11) is 1.52. The van der Waals surface area contributed by atoms with Crippen molar-refractivity contribution in [3.63, 3.8) is 0 Å². The van der Waals surface area contributed by atoms with Gasteiger partial charge in [0.15, 0.2) is 6.07 Å². The summed E-state index contributed by atoms with van der Waals surface area (Å²) in [4.78, 5) is 12.2. The molecular formula is C11H11FN2O. The summed E-state index contributed by atoms with van der Waals surface area (Å²) < 4.78 is 13.2. The minimum absolute atomic E-state index is 0.282. The Morgan fingerprint density at radius 3 is 2.80 bits per heavy atom. The van der Waals surface area contributed by atoms with Crippen LogP contribution in [0.1, 0.15) is 5.56 Å². The number of halogens is 1. The lowest BCUT2D eigenvalue weighted by Crippen LogP contribution is -2.27. The van der Waals surface area contributed by atoms with Crippen LogP contribution in [0.2, 0.25) is 0 Å². The molecule has 0 saturated heterocycles. The van der Waals surface area contributed by atoms with E-state index in [4.69, 9.17) is 5.26 Å². The summed E-state index contributed by atoms with van der Waals surface area (Å²) in [6.07, 6.45) is 0.413. The normalized spacial score (nSPS) is 9.40. The van der Waals surface area contributed by atoms with Gasteiger partial charge in [-0.2, -0.15) is 5.26 Å². The van der Waals surface area contributed by atoms with Crippen LogP contribution in [0.3, 0.4) is 0 Å². The smallest absolute Gasteiger partial charge is 0.324 e. The molecule has 3 nitrogen and oxygen atoms in total. The maximum Gasteiger partial charge on any atom is 0.324 e. The van der Waals surface area contributed by atoms with Crippen molar-refractivity contribution in [1.82, 2.24) is 4.90 Å². The fourth-order valence-corrected chi connectivity index (χ4v) is 1.18. The van der Waals surface area contributed by atoms with Crippen molar-refractivity contribution in [1.29, 1.82) is 5.26 Å². The summed E-state index contributed by atoms with van der Waals surface area (Å²) in [5, 5.41) is 8.34. The molecule has 0 heterocycles. The number of nitrogens with zero attached hydrogens (tertiary/aromatic N) is 2. The SMILES string of the molecule is CN(CCc1ccccc1F)C(=O)C#N. The summed E-state index contributed by atoms with van der Waals surface area (Å²) in [5.41, 5.74) is 0.551. The molecule has 0 aliphatic heterocycles. The van der Waals surface area contributed by atoms with Gasteiger partial charge in [0.05, 0.1) is 0 Å². The third kappa shape index (κ3) is 3.06. The van der Waals surface area contributed by atoms with Crippen LogP contribution in [0.25, 0.3) is 0 Å². The first-order valence-corrected chi connectivity index (χ1v) is 4.53. The molecule has 0 bridgehead atoms. The van der Waals surface area contributed by atoms with Crippen LogP contribution in [0.15, 0.2) is 24.3 Å². The number of nitriles is 1. The van der Waals surface area contributed by atoms with E-state index in [1.54, 1.807) is 18.2 Å². The van der Waals surface area contributed by atoms with Crippen LogP contribution in [0.4, 0.5) is 4.39 Å². The molecule has 0 aliphatic carbocycles. The van der Waals surface area contributed by atoms with Crippen molar-refractivity contribution in [2.45, 2.75) is 6.42 Å². The van der Waals surface area contributed by atoms with Crippen LogP contribution in [-0.2, 0) is 11.2 Å². The molecule has 0 aromatic heterocycles. The van der Waals surface area contributed by atoms with E-state index in [0.717, 1.165) is 0 Å². The van der Waals surface area contributed by atoms with E-state index >= 15 is 0 Å². The van der Waals surface area contributed by atoms with Crippen LogP contribution < -0.4 is 0 Å². The van der Waals surface area contributed by atoms with Crippen LogP contribution >= 0.6 is 0 Å². The lowest BCUT2D eigenvalue weighted by atomic mass is 10.1. The van der Waals surface area contributed by atoms with Crippen molar-refractivity contribution in [3.05, 3.63) is 35.6 Å². The second kappa shape index (κ2) is 5.11. The first-order valence-electron chi connectivity index (χ1n) is 4.53. The zero-order valence-corrected chi connectivity index (χ0v) is 8.40. The molecule has 1 aromatic carbocycles. The van der Waals surface area contributed by atoms with Gasteiger partial charge in [0.1, 0.15) is 5.82 Å². The van der Waals surface area contributed by atoms with Gasteiger partial charge in [0.25, 0.3) is 0 Å². The molecule has 4 heteroatoms. The van der Waals surface area contributed by atoms with Crippen LogP contribution in [-0.4, -0.2) is 24.4 Å². The van der Waals surface area contributed by atoms with Gasteiger partial charge in [0.2, 0.25) is 0 Å². The fraction of sp³-hybridized carbons (Fsp3) is 0.273. The van der Waals surface area contributed by atoms with E-state index in [-0.39, 0.29) is 5.82 Å². The number of hydrogen-bond acceptors (Lipinski definition) is 2. The van der Waals surface area contributed by atoms with E-state index < -0.39 is 5.91 Å². The Morgan fingerprint density at radius 2 is 2.20 bits per heavy atom. The van der Waals surface area contributed by atoms with E-state index in [1.807, 2.05) is 0 Å². The van der Waals surface area contributed by atoms with Crippen molar-refractivity contribution in [2.75, 3.05) is 13.6 Å². The third-order valence-corrected chi connectivity index (χ3v) is 2.12. The Labute approximate surface area is 87.7 Å². The molecule has 0 radical (unpaired) electrons. The van der Waals surface area contributed by atoms with Gasteiger partial charge < -0.3 is 4.90 Å². The Kier molecular flexibility index (Phi) is 3.81. The number of amides is 1. The van der Waals surface area contributed by atoms with Crippen molar-refractivity contribution in [2.24, 2.45) is 0 Å². The second-order valence-corrected chi connectivity index (χ2v) is 3.18. The van der Waals surface area contributed by atoms with Gasteiger partial charge in [-0.15, -0.1) is 0 Å². The number of likely N-dealkylation sites (N-methyl/N-ethyl adjacent to an activating group) is 1. The molecule has 1 aromatic rings. The summed E-state index contributed by atoms with van der Waals surface area (Å²) in [5.74, 6) is -0.887. The van der Waals surface area contributed by atoms with Crippen LogP contribution in [0, 0.1) is 17.1 Å². The van der Waals surface area contributed by atoms with Crippen molar-refractivity contribution < 1.29 is 9.18 Å². The predicted molar refractivity (Wildman–Crippen MR) is 53.4 cm³/mol. The molecule has 0 aliphatic rings. The number of carbonyl (C=O) groups excluding carboxylic acids is 1. The quantitative estimate of drug-likeness (QED) is 0.701. The molecule has 1 amide bonds. The zero-order chi connectivity index (χ0) is 11.3. The number of carbonyl (C=O) groups is 1. The molecule has 0 atom stereocenters. The largest absolute Gasteiger partial charge is 0.333 e. The zero-order valence-electron chi connectivity index (χ0n) is 8.40. The highest BCUT2D eigenvalue weighted by atomic mass is 19.1. The monoisotopic (exact) mass is 206 g/mol. The Balaban J connectivity index is 2.55. The van der Waals surface area contributed by atoms with Gasteiger partial charge in [-0.05, 0) is 18.1 Å². The lowest BCUT2D eigenvalue weighted by Gasteiger charge is -2.12. The first kappa shape index (κ1) is 11.2. The van der Waals surface area contributed by atoms with E-state index in [1.165, 1.54) is 24.1 Å². The Bertz CT molecular complexity index is 398. The van der Waals surface area contributed by atoms with Gasteiger partial charge in [-0.1, -0.05) is 18.2 Å². The van der Waals surface area contributed by atoms with Crippen LogP contribution in [0.5, 0.6) is 0 Å². The van der Waals surface area contributed by atoms with Gasteiger partial charge >= 0.3 is 5.91 Å². The van der Waals surface area contributed by atoms with E-state index in [2.05, 4.69) is 0 Å². The summed E-state index contributed by atoms with van der Waals surface area (Å²) in [6, 6.07) is 7.91. The molecule has 0 N–H and O–H groups in total. The Morgan fingerprint density at radius 1 is 1.53 bits per heavy atom. The standard InChI is InChI=1S/C11H11FN2O/c1-14(11(15)8-13)7-6-9-4-2-3-5-10(9)12/h2-5H,6-7H2,1H3. The molecule has 0 saturated carbocycles. The lowest BCUT2D eigenvalue weighted by molar-refractivity contribution is -0.124. The topological polar surface area (TPSA) is 44.1 Å². The second-order valence-electron chi connectivity index (χ2n) is 3.18. The van der Waals surface area contributed by atoms with E-state index in [9.17, 15) is 9.18 Å². The minimum atomic E-state index is -0.605. The molecule has 15 heavy (non-hydrogen) atoms. The highest BCUT2D eigenvalue weighted by molar-refractivity contribution is 5.90. The molecule has 1 rings (SSSR count). The Hall–Kier alpha value is -1.89. The maximum atomic E-state index is 13.2. The summed E-state index contributed by atoms with van der Waals surface area (Å²) in [6.45, 7) is 0.341. The van der Waals surface area contributed by atoms with Gasteiger partial charge in [-0.3, -0.25) is 4.79 Å². The highest BCUT2D eigenvalue weighted by Crippen LogP contribution is 2.07. The molecule has 0 unspecified atom stereocenters. The molecule has 0 spiro atoms.